The lowest BCUT2D eigenvalue weighted by Gasteiger charge is -2.35. The number of hydrogen-bond acceptors (Lipinski definition) is 2. The topological polar surface area (TPSA) is 46.2 Å². The van der Waals surface area contributed by atoms with Gasteiger partial charge in [0, 0.05) is 0 Å². The van der Waals surface area contributed by atoms with E-state index in [2.05, 4.69) is 20.8 Å². The molecule has 0 fully saturated rings. The second-order valence-electron chi connectivity index (χ2n) is 3.52. The molecule has 0 aromatic heterocycles. The third kappa shape index (κ3) is 2.46. The van der Waals surface area contributed by atoms with Crippen LogP contribution in [0.3, 0.4) is 0 Å². The normalized spacial score (nSPS) is 14.8. The molecule has 0 aliphatic rings. The molecule has 0 saturated heterocycles. The Morgan fingerprint density at radius 3 is 1.83 bits per heavy atom. The maximum absolute atomic E-state index is 9.88. The van der Waals surface area contributed by atoms with Crippen LogP contribution in [0.15, 0.2) is 0 Å². The van der Waals surface area contributed by atoms with Gasteiger partial charge in [-0.25, -0.2) is 0 Å². The van der Waals surface area contributed by atoms with Crippen LogP contribution >= 0.6 is 0 Å². The van der Waals surface area contributed by atoms with E-state index >= 15 is 0 Å². The molecule has 0 amide bonds. The summed E-state index contributed by atoms with van der Waals surface area (Å²) in [5, 5.41) is 9.88. The van der Waals surface area contributed by atoms with Gasteiger partial charge in [-0.3, -0.25) is 0 Å². The molecule has 12 heavy (non-hydrogen) atoms. The summed E-state index contributed by atoms with van der Waals surface area (Å²) < 4.78 is 0. The summed E-state index contributed by atoms with van der Waals surface area (Å²) >= 11 is 0. The van der Waals surface area contributed by atoms with E-state index in [1.165, 1.54) is 0 Å². The highest BCUT2D eigenvalue weighted by atomic mass is 16.3. The summed E-state index contributed by atoms with van der Waals surface area (Å²) in [5.41, 5.74) is 5.54. The van der Waals surface area contributed by atoms with Crippen molar-refractivity contribution < 1.29 is 5.11 Å². The molecule has 0 saturated carbocycles. The van der Waals surface area contributed by atoms with Crippen LogP contribution in [0, 0.1) is 5.41 Å². The molecule has 2 heteroatoms. The predicted molar refractivity (Wildman–Crippen MR) is 53.0 cm³/mol. The SMILES string of the molecule is CCC(CC)(CC)C(O)CCN. The highest BCUT2D eigenvalue weighted by Crippen LogP contribution is 2.35. The molecule has 74 valence electrons. The van der Waals surface area contributed by atoms with Crippen molar-refractivity contribution in [1.82, 2.24) is 0 Å². The molecule has 1 unspecified atom stereocenters. The summed E-state index contributed by atoms with van der Waals surface area (Å²) in [5.74, 6) is 0. The van der Waals surface area contributed by atoms with E-state index in [0.717, 1.165) is 25.7 Å². The van der Waals surface area contributed by atoms with E-state index in [0.29, 0.717) is 6.54 Å². The van der Waals surface area contributed by atoms with Crippen molar-refractivity contribution in [2.45, 2.75) is 52.6 Å². The third-order valence-electron chi connectivity index (χ3n) is 3.26. The molecular formula is C10H23NO. The Balaban J connectivity index is 4.24. The summed E-state index contributed by atoms with van der Waals surface area (Å²) in [4.78, 5) is 0. The second-order valence-corrected chi connectivity index (χ2v) is 3.52. The van der Waals surface area contributed by atoms with Crippen molar-refractivity contribution in [3.05, 3.63) is 0 Å². The lowest BCUT2D eigenvalue weighted by molar-refractivity contribution is 0.0100. The maximum atomic E-state index is 9.88. The summed E-state index contributed by atoms with van der Waals surface area (Å²) in [6, 6.07) is 0. The van der Waals surface area contributed by atoms with Crippen LogP contribution in [-0.4, -0.2) is 17.8 Å². The van der Waals surface area contributed by atoms with Crippen molar-refractivity contribution in [2.75, 3.05) is 6.54 Å². The standard InChI is InChI=1S/C10H23NO/c1-4-10(5-2,6-3)9(12)7-8-11/h9,12H,4-8,11H2,1-3H3. The average Bonchev–Trinajstić information content (AvgIpc) is 2.09. The molecule has 0 aromatic carbocycles. The minimum absolute atomic E-state index is 0.110. The summed E-state index contributed by atoms with van der Waals surface area (Å²) in [6.45, 7) is 7.02. The Morgan fingerprint density at radius 2 is 1.58 bits per heavy atom. The first kappa shape index (κ1) is 11.9. The molecule has 0 radical (unpaired) electrons. The first-order valence-electron chi connectivity index (χ1n) is 5.05. The number of aliphatic hydroxyl groups is 1. The Kier molecular flexibility index (Phi) is 5.51. The van der Waals surface area contributed by atoms with E-state index < -0.39 is 0 Å². The summed E-state index contributed by atoms with van der Waals surface area (Å²) in [6.07, 6.45) is 3.64. The molecule has 0 heterocycles. The maximum Gasteiger partial charge on any atom is 0.0608 e. The van der Waals surface area contributed by atoms with Gasteiger partial charge >= 0.3 is 0 Å². The van der Waals surface area contributed by atoms with Crippen LogP contribution in [0.1, 0.15) is 46.5 Å². The monoisotopic (exact) mass is 173 g/mol. The van der Waals surface area contributed by atoms with Gasteiger partial charge in [0.2, 0.25) is 0 Å². The number of rotatable bonds is 6. The van der Waals surface area contributed by atoms with E-state index in [1.807, 2.05) is 0 Å². The van der Waals surface area contributed by atoms with Crippen molar-refractivity contribution in [1.29, 1.82) is 0 Å². The van der Waals surface area contributed by atoms with Crippen LogP contribution in [0.4, 0.5) is 0 Å². The molecule has 0 spiro atoms. The van der Waals surface area contributed by atoms with Gasteiger partial charge in [0.1, 0.15) is 0 Å². The van der Waals surface area contributed by atoms with Crippen molar-refractivity contribution >= 4 is 0 Å². The minimum Gasteiger partial charge on any atom is -0.393 e. The zero-order valence-corrected chi connectivity index (χ0v) is 8.64. The van der Waals surface area contributed by atoms with Crippen LogP contribution in [0.25, 0.3) is 0 Å². The molecule has 1 atom stereocenters. The second kappa shape index (κ2) is 5.55. The molecular weight excluding hydrogens is 150 g/mol. The minimum atomic E-state index is -0.220. The lowest BCUT2D eigenvalue weighted by atomic mass is 9.74. The van der Waals surface area contributed by atoms with Crippen LogP contribution < -0.4 is 5.73 Å². The van der Waals surface area contributed by atoms with Gasteiger partial charge in [-0.15, -0.1) is 0 Å². The van der Waals surface area contributed by atoms with E-state index in [4.69, 9.17) is 5.73 Å². The quantitative estimate of drug-likeness (QED) is 0.644. The Hall–Kier alpha value is -0.0800. The van der Waals surface area contributed by atoms with Gasteiger partial charge in [0.15, 0.2) is 0 Å². The van der Waals surface area contributed by atoms with Gasteiger partial charge in [0.05, 0.1) is 6.10 Å². The fourth-order valence-electron chi connectivity index (χ4n) is 1.92. The molecule has 3 N–H and O–H groups in total. The molecule has 0 aliphatic heterocycles. The van der Waals surface area contributed by atoms with E-state index in [-0.39, 0.29) is 11.5 Å². The third-order valence-corrected chi connectivity index (χ3v) is 3.26. The number of hydrogen-bond donors (Lipinski definition) is 2. The van der Waals surface area contributed by atoms with Crippen LogP contribution in [0.2, 0.25) is 0 Å². The van der Waals surface area contributed by atoms with Crippen molar-refractivity contribution in [2.24, 2.45) is 11.1 Å². The smallest absolute Gasteiger partial charge is 0.0608 e. The molecule has 0 aromatic rings. The fraction of sp³-hybridized carbons (Fsp3) is 1.00. The molecule has 0 bridgehead atoms. The number of aliphatic hydroxyl groups excluding tert-OH is 1. The zero-order chi connectivity index (χ0) is 9.61. The molecule has 2 nitrogen and oxygen atoms in total. The van der Waals surface area contributed by atoms with Crippen molar-refractivity contribution in [3.63, 3.8) is 0 Å². The first-order chi connectivity index (χ1) is 5.66. The van der Waals surface area contributed by atoms with Gasteiger partial charge in [-0.2, -0.15) is 0 Å². The van der Waals surface area contributed by atoms with Crippen molar-refractivity contribution in [3.8, 4) is 0 Å². The largest absolute Gasteiger partial charge is 0.393 e. The zero-order valence-electron chi connectivity index (χ0n) is 8.64. The Bertz CT molecular complexity index is 102. The van der Waals surface area contributed by atoms with Crippen LogP contribution in [-0.2, 0) is 0 Å². The lowest BCUT2D eigenvalue weighted by Crippen LogP contribution is -2.35. The Labute approximate surface area is 76.2 Å². The van der Waals surface area contributed by atoms with Gasteiger partial charge < -0.3 is 10.8 Å². The Morgan fingerprint density at radius 1 is 1.17 bits per heavy atom. The number of nitrogens with two attached hydrogens (primary N) is 1. The van der Waals surface area contributed by atoms with E-state index in [9.17, 15) is 5.11 Å². The highest BCUT2D eigenvalue weighted by Gasteiger charge is 2.31. The van der Waals surface area contributed by atoms with E-state index in [1.54, 1.807) is 0 Å². The first-order valence-corrected chi connectivity index (χ1v) is 5.05. The van der Waals surface area contributed by atoms with Gasteiger partial charge in [0.25, 0.3) is 0 Å². The highest BCUT2D eigenvalue weighted by molar-refractivity contribution is 4.83. The average molecular weight is 173 g/mol. The molecule has 0 aliphatic carbocycles. The fourth-order valence-corrected chi connectivity index (χ4v) is 1.92. The summed E-state index contributed by atoms with van der Waals surface area (Å²) in [7, 11) is 0. The predicted octanol–water partition coefficient (Wildman–Crippen LogP) is 1.91. The van der Waals surface area contributed by atoms with Gasteiger partial charge in [-0.1, -0.05) is 20.8 Å². The van der Waals surface area contributed by atoms with Crippen LogP contribution in [0.5, 0.6) is 0 Å². The van der Waals surface area contributed by atoms with Gasteiger partial charge in [-0.05, 0) is 37.6 Å². The molecule has 0 rings (SSSR count).